The van der Waals surface area contributed by atoms with Crippen molar-refractivity contribution in [1.82, 2.24) is 4.90 Å². The number of rotatable bonds is 6. The Morgan fingerprint density at radius 1 is 1.30 bits per heavy atom. The van der Waals surface area contributed by atoms with Gasteiger partial charge in [0.15, 0.2) is 0 Å². The van der Waals surface area contributed by atoms with Crippen LogP contribution in [0.4, 0.5) is 5.69 Å². The van der Waals surface area contributed by atoms with Crippen molar-refractivity contribution in [1.29, 1.82) is 0 Å². The van der Waals surface area contributed by atoms with Gasteiger partial charge in [-0.3, -0.25) is 0 Å². The number of likely N-dealkylation sites (N-methyl/N-ethyl adjacent to an activating group) is 1. The number of hydrogen-bond donors (Lipinski definition) is 1. The zero-order valence-electron chi connectivity index (χ0n) is 13.2. The maximum atomic E-state index is 5.99. The molecule has 1 aliphatic heterocycles. The molecule has 2 rings (SSSR count). The van der Waals surface area contributed by atoms with Gasteiger partial charge in [0.1, 0.15) is 0 Å². The maximum Gasteiger partial charge on any atom is 0.0397 e. The Morgan fingerprint density at radius 3 is 2.65 bits per heavy atom. The van der Waals surface area contributed by atoms with Crippen LogP contribution in [-0.2, 0) is 6.42 Å². The summed E-state index contributed by atoms with van der Waals surface area (Å²) in [5.41, 5.74) is 10.0. The molecular weight excluding hydrogens is 246 g/mol. The van der Waals surface area contributed by atoms with Gasteiger partial charge in [-0.1, -0.05) is 17.7 Å². The van der Waals surface area contributed by atoms with Crippen LogP contribution in [0.1, 0.15) is 30.9 Å². The Labute approximate surface area is 123 Å². The summed E-state index contributed by atoms with van der Waals surface area (Å²) in [5, 5.41) is 0. The molecule has 3 heteroatoms. The molecule has 0 saturated carbocycles. The first-order valence-electron chi connectivity index (χ1n) is 7.85. The van der Waals surface area contributed by atoms with Gasteiger partial charge in [-0.25, -0.2) is 0 Å². The fraction of sp³-hybridized carbons (Fsp3) is 0.647. The third-order valence-corrected chi connectivity index (χ3v) is 4.14. The molecule has 0 aromatic heterocycles. The topological polar surface area (TPSA) is 32.5 Å². The molecule has 1 unspecified atom stereocenters. The third-order valence-electron chi connectivity index (χ3n) is 4.14. The van der Waals surface area contributed by atoms with Crippen LogP contribution in [-0.4, -0.2) is 44.2 Å². The van der Waals surface area contributed by atoms with E-state index in [9.17, 15) is 0 Å². The van der Waals surface area contributed by atoms with Gasteiger partial charge in [-0.05, 0) is 57.8 Å². The minimum atomic E-state index is 0.211. The Morgan fingerprint density at radius 2 is 2.00 bits per heavy atom. The smallest absolute Gasteiger partial charge is 0.0397 e. The largest absolute Gasteiger partial charge is 0.373 e. The first-order chi connectivity index (χ1) is 9.56. The van der Waals surface area contributed by atoms with Crippen molar-refractivity contribution in [3.63, 3.8) is 0 Å². The van der Waals surface area contributed by atoms with Gasteiger partial charge in [-0.2, -0.15) is 0 Å². The molecule has 1 aliphatic rings. The molecule has 0 amide bonds. The quantitative estimate of drug-likeness (QED) is 0.865. The van der Waals surface area contributed by atoms with Crippen LogP contribution in [0.5, 0.6) is 0 Å². The summed E-state index contributed by atoms with van der Waals surface area (Å²) in [4.78, 5) is 4.95. The summed E-state index contributed by atoms with van der Waals surface area (Å²) in [7, 11) is 2.20. The lowest BCUT2D eigenvalue weighted by Crippen LogP contribution is -2.32. The van der Waals surface area contributed by atoms with Gasteiger partial charge in [0.05, 0.1) is 0 Å². The van der Waals surface area contributed by atoms with E-state index in [4.69, 9.17) is 5.73 Å². The maximum absolute atomic E-state index is 5.99. The molecule has 1 heterocycles. The lowest BCUT2D eigenvalue weighted by Gasteiger charge is -2.26. The summed E-state index contributed by atoms with van der Waals surface area (Å²) >= 11 is 0. The van der Waals surface area contributed by atoms with E-state index in [0.29, 0.717) is 0 Å². The molecule has 2 N–H and O–H groups in total. The van der Waals surface area contributed by atoms with Crippen LogP contribution >= 0.6 is 0 Å². The fourth-order valence-electron chi connectivity index (χ4n) is 3.02. The fourth-order valence-corrected chi connectivity index (χ4v) is 3.02. The monoisotopic (exact) mass is 275 g/mol. The average molecular weight is 275 g/mol. The predicted molar refractivity (Wildman–Crippen MR) is 87.5 cm³/mol. The average Bonchev–Trinajstić information content (AvgIpc) is 2.88. The standard InChI is InChI=1S/C17H29N3/c1-14-6-7-17(16(12-14)13-15(2)18)19(3)10-11-20-8-4-5-9-20/h6-7,12,15H,4-5,8-11,13,18H2,1-3H3. The van der Waals surface area contributed by atoms with E-state index >= 15 is 0 Å². The van der Waals surface area contributed by atoms with E-state index in [1.54, 1.807) is 0 Å². The van der Waals surface area contributed by atoms with E-state index in [1.165, 1.54) is 49.3 Å². The molecule has 1 atom stereocenters. The Bertz CT molecular complexity index is 422. The van der Waals surface area contributed by atoms with Crippen LogP contribution in [0.15, 0.2) is 18.2 Å². The summed E-state index contributed by atoms with van der Waals surface area (Å²) in [6.45, 7) is 9.04. The normalized spacial score (nSPS) is 17.4. The highest BCUT2D eigenvalue weighted by atomic mass is 15.2. The summed E-state index contributed by atoms with van der Waals surface area (Å²) < 4.78 is 0. The van der Waals surface area contributed by atoms with E-state index in [2.05, 4.69) is 48.9 Å². The molecule has 1 aromatic rings. The highest BCUT2D eigenvalue weighted by Crippen LogP contribution is 2.22. The molecule has 0 bridgehead atoms. The van der Waals surface area contributed by atoms with Gasteiger partial charge < -0.3 is 15.5 Å². The number of anilines is 1. The zero-order chi connectivity index (χ0) is 14.5. The molecule has 1 aromatic carbocycles. The lowest BCUT2D eigenvalue weighted by molar-refractivity contribution is 0.346. The number of benzene rings is 1. The summed E-state index contributed by atoms with van der Waals surface area (Å²) in [5.74, 6) is 0. The van der Waals surface area contributed by atoms with Crippen molar-refractivity contribution in [3.8, 4) is 0 Å². The summed E-state index contributed by atoms with van der Waals surface area (Å²) in [6.07, 6.45) is 3.68. The Hall–Kier alpha value is -1.06. The van der Waals surface area contributed by atoms with Crippen molar-refractivity contribution >= 4 is 5.69 Å². The minimum Gasteiger partial charge on any atom is -0.373 e. The molecule has 0 spiro atoms. The Kier molecular flexibility index (Phi) is 5.44. The molecule has 1 saturated heterocycles. The molecular formula is C17H29N3. The van der Waals surface area contributed by atoms with Crippen LogP contribution < -0.4 is 10.6 Å². The second-order valence-electron chi connectivity index (χ2n) is 6.28. The van der Waals surface area contributed by atoms with Crippen molar-refractivity contribution in [2.45, 2.75) is 39.2 Å². The second kappa shape index (κ2) is 7.09. The first-order valence-corrected chi connectivity index (χ1v) is 7.85. The summed E-state index contributed by atoms with van der Waals surface area (Å²) in [6, 6.07) is 6.94. The second-order valence-corrected chi connectivity index (χ2v) is 6.28. The van der Waals surface area contributed by atoms with E-state index in [1.807, 2.05) is 0 Å². The van der Waals surface area contributed by atoms with Crippen LogP contribution in [0.2, 0.25) is 0 Å². The van der Waals surface area contributed by atoms with Crippen LogP contribution in [0.25, 0.3) is 0 Å². The van der Waals surface area contributed by atoms with Gasteiger partial charge >= 0.3 is 0 Å². The lowest BCUT2D eigenvalue weighted by atomic mass is 10.0. The van der Waals surface area contributed by atoms with Crippen LogP contribution in [0, 0.1) is 6.92 Å². The van der Waals surface area contributed by atoms with Gasteiger partial charge in [0.2, 0.25) is 0 Å². The molecule has 20 heavy (non-hydrogen) atoms. The van der Waals surface area contributed by atoms with Crippen molar-refractivity contribution in [2.24, 2.45) is 5.73 Å². The van der Waals surface area contributed by atoms with Crippen molar-refractivity contribution in [3.05, 3.63) is 29.3 Å². The number of hydrogen-bond acceptors (Lipinski definition) is 3. The van der Waals surface area contributed by atoms with Crippen molar-refractivity contribution in [2.75, 3.05) is 38.1 Å². The number of nitrogens with zero attached hydrogens (tertiary/aromatic N) is 2. The molecule has 3 nitrogen and oxygen atoms in total. The predicted octanol–water partition coefficient (Wildman–Crippen LogP) is 2.42. The van der Waals surface area contributed by atoms with Gasteiger partial charge in [0, 0.05) is 31.9 Å². The molecule has 0 aliphatic carbocycles. The first kappa shape index (κ1) is 15.3. The number of nitrogens with two attached hydrogens (primary N) is 1. The van der Waals surface area contributed by atoms with E-state index in [-0.39, 0.29) is 6.04 Å². The number of likely N-dealkylation sites (tertiary alicyclic amines) is 1. The number of aryl methyl sites for hydroxylation is 1. The molecule has 112 valence electrons. The zero-order valence-corrected chi connectivity index (χ0v) is 13.2. The van der Waals surface area contributed by atoms with Crippen molar-refractivity contribution < 1.29 is 0 Å². The minimum absolute atomic E-state index is 0.211. The third kappa shape index (κ3) is 4.22. The highest BCUT2D eigenvalue weighted by Gasteiger charge is 2.14. The highest BCUT2D eigenvalue weighted by molar-refractivity contribution is 5.54. The van der Waals surface area contributed by atoms with Gasteiger partial charge in [-0.15, -0.1) is 0 Å². The SMILES string of the molecule is Cc1ccc(N(C)CCN2CCCC2)c(CC(C)N)c1. The van der Waals surface area contributed by atoms with Gasteiger partial charge in [0.25, 0.3) is 0 Å². The Balaban J connectivity index is 2.01. The molecule has 0 radical (unpaired) electrons. The van der Waals surface area contributed by atoms with E-state index in [0.717, 1.165) is 13.0 Å². The van der Waals surface area contributed by atoms with Crippen LogP contribution in [0.3, 0.4) is 0 Å². The molecule has 1 fully saturated rings. The van der Waals surface area contributed by atoms with E-state index < -0.39 is 0 Å².